The fourth-order valence-corrected chi connectivity index (χ4v) is 3.05. The van der Waals surface area contributed by atoms with Crippen LogP contribution in [0.1, 0.15) is 29.4 Å². The van der Waals surface area contributed by atoms with E-state index in [0.717, 1.165) is 29.3 Å². The van der Waals surface area contributed by atoms with Crippen LogP contribution in [-0.2, 0) is 6.42 Å². The monoisotopic (exact) mass is 345 g/mol. The van der Waals surface area contributed by atoms with Gasteiger partial charge >= 0.3 is 0 Å². The van der Waals surface area contributed by atoms with E-state index in [1.807, 2.05) is 54.6 Å². The molecule has 1 aliphatic rings. The maximum absolute atomic E-state index is 12.0. The molecule has 1 N–H and O–H groups in total. The van der Waals surface area contributed by atoms with Gasteiger partial charge in [0.05, 0.1) is 11.3 Å². The molecule has 1 unspecified atom stereocenters. The Balaban J connectivity index is 1.48. The fourth-order valence-electron chi connectivity index (χ4n) is 3.05. The summed E-state index contributed by atoms with van der Waals surface area (Å²) in [6, 6.07) is 17.2. The number of para-hydroxylation sites is 1. The van der Waals surface area contributed by atoms with E-state index in [2.05, 4.69) is 22.2 Å². The zero-order chi connectivity index (χ0) is 17.9. The van der Waals surface area contributed by atoms with Gasteiger partial charge in [-0.05, 0) is 48.7 Å². The van der Waals surface area contributed by atoms with Crippen molar-refractivity contribution < 1.29 is 9.53 Å². The van der Waals surface area contributed by atoms with Gasteiger partial charge in [0.15, 0.2) is 5.78 Å². The molecule has 3 aromatic rings. The highest BCUT2D eigenvalue weighted by Crippen LogP contribution is 2.26. The lowest BCUT2D eigenvalue weighted by Gasteiger charge is -2.19. The van der Waals surface area contributed by atoms with Crippen LogP contribution in [-0.4, -0.2) is 15.8 Å². The molecule has 0 radical (unpaired) electrons. The lowest BCUT2D eigenvalue weighted by molar-refractivity contribution is 0.0951. The molecular formula is C21H19N3O2. The Bertz CT molecular complexity index is 924. The standard InChI is InChI=1S/C21H19N3O2/c1-14-11-19-18(20(25)12-14)13-22-21(24-19)23-15-7-9-17(10-8-15)26-16-5-3-2-4-6-16/h2-10,13-14H,11-12H2,1H3,(H,22,23,24). The summed E-state index contributed by atoms with van der Waals surface area (Å²) in [5.74, 6) is 2.51. The zero-order valence-electron chi connectivity index (χ0n) is 14.5. The Kier molecular flexibility index (Phi) is 4.35. The number of benzene rings is 2. The van der Waals surface area contributed by atoms with Crippen molar-refractivity contribution in [3.8, 4) is 11.5 Å². The van der Waals surface area contributed by atoms with E-state index in [-0.39, 0.29) is 5.78 Å². The summed E-state index contributed by atoms with van der Waals surface area (Å²) in [4.78, 5) is 20.8. The minimum atomic E-state index is 0.132. The second-order valence-corrected chi connectivity index (χ2v) is 6.56. The summed E-state index contributed by atoms with van der Waals surface area (Å²) in [6.07, 6.45) is 3.01. The highest BCUT2D eigenvalue weighted by atomic mass is 16.5. The molecule has 0 saturated carbocycles. The van der Waals surface area contributed by atoms with Crippen molar-refractivity contribution in [3.05, 3.63) is 72.1 Å². The first-order valence-electron chi connectivity index (χ1n) is 8.66. The van der Waals surface area contributed by atoms with Gasteiger partial charge in [-0.1, -0.05) is 25.1 Å². The Morgan fingerprint density at radius 3 is 2.50 bits per heavy atom. The molecule has 1 heterocycles. The van der Waals surface area contributed by atoms with E-state index >= 15 is 0 Å². The molecule has 0 bridgehead atoms. The van der Waals surface area contributed by atoms with Gasteiger partial charge in [-0.3, -0.25) is 4.79 Å². The molecule has 0 saturated heterocycles. The molecule has 0 fully saturated rings. The van der Waals surface area contributed by atoms with Crippen molar-refractivity contribution >= 4 is 17.4 Å². The maximum Gasteiger partial charge on any atom is 0.227 e. The van der Waals surface area contributed by atoms with Crippen LogP contribution in [0, 0.1) is 5.92 Å². The second-order valence-electron chi connectivity index (χ2n) is 6.56. The maximum atomic E-state index is 12.0. The summed E-state index contributed by atoms with van der Waals surface area (Å²) in [5.41, 5.74) is 2.34. The average Bonchev–Trinajstić information content (AvgIpc) is 2.64. The number of fused-ring (bicyclic) bond motifs is 1. The highest BCUT2D eigenvalue weighted by molar-refractivity contribution is 5.98. The summed E-state index contributed by atoms with van der Waals surface area (Å²) < 4.78 is 5.79. The molecule has 0 amide bonds. The van der Waals surface area contributed by atoms with E-state index in [1.165, 1.54) is 0 Å². The highest BCUT2D eigenvalue weighted by Gasteiger charge is 2.24. The number of carbonyl (C=O) groups is 1. The number of hydrogen-bond acceptors (Lipinski definition) is 5. The number of ether oxygens (including phenoxy) is 1. The van der Waals surface area contributed by atoms with Gasteiger partial charge < -0.3 is 10.1 Å². The summed E-state index contributed by atoms with van der Waals surface area (Å²) in [5, 5.41) is 3.19. The molecule has 1 aromatic heterocycles. The van der Waals surface area contributed by atoms with Crippen LogP contribution in [0.5, 0.6) is 11.5 Å². The third-order valence-corrected chi connectivity index (χ3v) is 4.33. The predicted octanol–water partition coefficient (Wildman–Crippen LogP) is 4.78. The van der Waals surface area contributed by atoms with E-state index in [1.54, 1.807) is 6.20 Å². The summed E-state index contributed by atoms with van der Waals surface area (Å²) in [6.45, 7) is 2.07. The fraction of sp³-hybridized carbons (Fsp3) is 0.190. The van der Waals surface area contributed by atoms with Crippen LogP contribution in [0.3, 0.4) is 0 Å². The lowest BCUT2D eigenvalue weighted by atomic mass is 9.88. The van der Waals surface area contributed by atoms with Crippen molar-refractivity contribution in [2.24, 2.45) is 5.92 Å². The zero-order valence-corrected chi connectivity index (χ0v) is 14.5. The van der Waals surface area contributed by atoms with Crippen LogP contribution in [0.15, 0.2) is 60.8 Å². The molecule has 1 atom stereocenters. The van der Waals surface area contributed by atoms with Gasteiger partial charge in [-0.2, -0.15) is 0 Å². The Morgan fingerprint density at radius 1 is 1.00 bits per heavy atom. The number of Topliss-reactive ketones (excluding diaryl/α,β-unsaturated/α-hetero) is 1. The van der Waals surface area contributed by atoms with E-state index in [9.17, 15) is 4.79 Å². The van der Waals surface area contributed by atoms with Gasteiger partial charge in [0.2, 0.25) is 5.95 Å². The van der Waals surface area contributed by atoms with Crippen LogP contribution in [0.2, 0.25) is 0 Å². The van der Waals surface area contributed by atoms with Crippen molar-refractivity contribution in [2.45, 2.75) is 19.8 Å². The number of aromatic nitrogens is 2. The van der Waals surface area contributed by atoms with Crippen molar-refractivity contribution in [1.82, 2.24) is 9.97 Å². The second kappa shape index (κ2) is 6.96. The number of hydrogen-bond donors (Lipinski definition) is 1. The number of anilines is 2. The third kappa shape index (κ3) is 3.57. The smallest absolute Gasteiger partial charge is 0.227 e. The minimum absolute atomic E-state index is 0.132. The third-order valence-electron chi connectivity index (χ3n) is 4.33. The van der Waals surface area contributed by atoms with Gasteiger partial charge in [-0.15, -0.1) is 0 Å². The number of carbonyl (C=O) groups excluding carboxylic acids is 1. The van der Waals surface area contributed by atoms with Crippen LogP contribution >= 0.6 is 0 Å². The van der Waals surface area contributed by atoms with Crippen LogP contribution in [0.25, 0.3) is 0 Å². The molecule has 0 spiro atoms. The Hall–Kier alpha value is -3.21. The predicted molar refractivity (Wildman–Crippen MR) is 100 cm³/mol. The quantitative estimate of drug-likeness (QED) is 0.737. The van der Waals surface area contributed by atoms with E-state index in [4.69, 9.17) is 4.74 Å². The van der Waals surface area contributed by atoms with Crippen molar-refractivity contribution in [1.29, 1.82) is 0 Å². The number of nitrogens with zero attached hydrogens (tertiary/aromatic N) is 2. The van der Waals surface area contributed by atoms with E-state index < -0.39 is 0 Å². The van der Waals surface area contributed by atoms with Gasteiger partial charge in [-0.25, -0.2) is 9.97 Å². The molecule has 0 aliphatic heterocycles. The Morgan fingerprint density at radius 2 is 1.73 bits per heavy atom. The topological polar surface area (TPSA) is 64.1 Å². The first kappa shape index (κ1) is 16.3. The molecule has 5 nitrogen and oxygen atoms in total. The van der Waals surface area contributed by atoms with E-state index in [0.29, 0.717) is 23.9 Å². The van der Waals surface area contributed by atoms with Gasteiger partial charge in [0.25, 0.3) is 0 Å². The van der Waals surface area contributed by atoms with Gasteiger partial charge in [0.1, 0.15) is 11.5 Å². The summed E-state index contributed by atoms with van der Waals surface area (Å²) >= 11 is 0. The largest absolute Gasteiger partial charge is 0.457 e. The molecule has 130 valence electrons. The SMILES string of the molecule is CC1CC(=O)c2cnc(Nc3ccc(Oc4ccccc4)cc3)nc2C1. The lowest BCUT2D eigenvalue weighted by Crippen LogP contribution is -2.20. The summed E-state index contributed by atoms with van der Waals surface area (Å²) in [7, 11) is 0. The molecular weight excluding hydrogens is 326 g/mol. The molecule has 1 aliphatic carbocycles. The number of rotatable bonds is 4. The first-order chi connectivity index (χ1) is 12.7. The average molecular weight is 345 g/mol. The van der Waals surface area contributed by atoms with Crippen LogP contribution < -0.4 is 10.1 Å². The molecule has 26 heavy (non-hydrogen) atoms. The minimum Gasteiger partial charge on any atom is -0.457 e. The Labute approximate surface area is 152 Å². The molecule has 4 rings (SSSR count). The van der Waals surface area contributed by atoms with Crippen molar-refractivity contribution in [3.63, 3.8) is 0 Å². The molecule has 2 aromatic carbocycles. The normalized spacial score (nSPS) is 16.0. The first-order valence-corrected chi connectivity index (χ1v) is 8.66. The number of ketones is 1. The van der Waals surface area contributed by atoms with Gasteiger partial charge in [0, 0.05) is 18.3 Å². The number of nitrogens with one attached hydrogen (secondary N) is 1. The van der Waals surface area contributed by atoms with Crippen molar-refractivity contribution in [2.75, 3.05) is 5.32 Å². The van der Waals surface area contributed by atoms with Crippen LogP contribution in [0.4, 0.5) is 11.6 Å². The molecule has 5 heteroatoms.